The van der Waals surface area contributed by atoms with Crippen LogP contribution in [-0.2, 0) is 16.0 Å². The molecule has 2 amide bonds. The molecule has 0 saturated heterocycles. The molecule has 0 fully saturated rings. The minimum absolute atomic E-state index is 0.102. The fourth-order valence-electron chi connectivity index (χ4n) is 1.63. The number of hydrogen-bond donors (Lipinski definition) is 3. The summed E-state index contributed by atoms with van der Waals surface area (Å²) in [6.07, 6.45) is 0.122. The van der Waals surface area contributed by atoms with Gasteiger partial charge in [-0.1, -0.05) is 0 Å². The average molecular weight is 266 g/mol. The molecule has 0 spiro atoms. The highest BCUT2D eigenvalue weighted by Gasteiger charge is 2.10. The number of benzene rings is 1. The highest BCUT2D eigenvalue weighted by Crippen LogP contribution is 2.23. The zero-order chi connectivity index (χ0) is 14.3. The van der Waals surface area contributed by atoms with Crippen LogP contribution in [0.4, 0.5) is 5.69 Å². The molecular formula is C13H18N2O4. The van der Waals surface area contributed by atoms with E-state index in [1.807, 2.05) is 0 Å². The molecule has 1 aromatic rings. The lowest BCUT2D eigenvalue weighted by molar-refractivity contribution is -0.120. The molecule has 1 aromatic carbocycles. The van der Waals surface area contributed by atoms with E-state index in [4.69, 9.17) is 9.84 Å². The van der Waals surface area contributed by atoms with E-state index in [0.29, 0.717) is 17.0 Å². The second-order valence-corrected chi connectivity index (χ2v) is 3.96. The number of hydrogen-bond acceptors (Lipinski definition) is 4. The van der Waals surface area contributed by atoms with Crippen LogP contribution in [0.1, 0.15) is 12.5 Å². The molecule has 0 saturated carbocycles. The van der Waals surface area contributed by atoms with E-state index in [0.717, 1.165) is 0 Å². The van der Waals surface area contributed by atoms with Crippen LogP contribution in [0.3, 0.4) is 0 Å². The fourth-order valence-corrected chi connectivity index (χ4v) is 1.63. The molecule has 104 valence electrons. The summed E-state index contributed by atoms with van der Waals surface area (Å²) >= 11 is 0. The lowest BCUT2D eigenvalue weighted by Gasteiger charge is -2.11. The molecule has 0 bridgehead atoms. The van der Waals surface area contributed by atoms with Crippen LogP contribution in [0.15, 0.2) is 18.2 Å². The van der Waals surface area contributed by atoms with Crippen LogP contribution in [0.5, 0.6) is 5.75 Å². The first kappa shape index (κ1) is 15.0. The Hall–Kier alpha value is -2.08. The van der Waals surface area contributed by atoms with E-state index in [9.17, 15) is 9.59 Å². The van der Waals surface area contributed by atoms with Crippen LogP contribution in [-0.4, -0.2) is 37.2 Å². The Morgan fingerprint density at radius 1 is 1.37 bits per heavy atom. The van der Waals surface area contributed by atoms with E-state index < -0.39 is 0 Å². The number of amides is 2. The van der Waals surface area contributed by atoms with Crippen molar-refractivity contribution in [2.24, 2.45) is 0 Å². The van der Waals surface area contributed by atoms with Crippen molar-refractivity contribution in [3.8, 4) is 5.75 Å². The molecule has 0 aliphatic heterocycles. The van der Waals surface area contributed by atoms with Crippen LogP contribution < -0.4 is 15.4 Å². The molecular weight excluding hydrogens is 248 g/mol. The van der Waals surface area contributed by atoms with Gasteiger partial charge in [-0.2, -0.15) is 0 Å². The molecule has 0 radical (unpaired) electrons. The largest absolute Gasteiger partial charge is 0.496 e. The monoisotopic (exact) mass is 266 g/mol. The van der Waals surface area contributed by atoms with Gasteiger partial charge < -0.3 is 20.5 Å². The van der Waals surface area contributed by atoms with E-state index in [1.54, 1.807) is 18.2 Å². The summed E-state index contributed by atoms with van der Waals surface area (Å²) in [4.78, 5) is 22.6. The maximum absolute atomic E-state index is 11.6. The van der Waals surface area contributed by atoms with Gasteiger partial charge in [0.2, 0.25) is 11.8 Å². The number of aliphatic hydroxyl groups is 1. The number of ether oxygens (including phenoxy) is 1. The first-order valence-corrected chi connectivity index (χ1v) is 5.89. The summed E-state index contributed by atoms with van der Waals surface area (Å²) in [6, 6.07) is 5.09. The normalized spacial score (nSPS) is 9.84. The highest BCUT2D eigenvalue weighted by atomic mass is 16.5. The quantitative estimate of drug-likeness (QED) is 0.691. The molecule has 6 heteroatoms. The Labute approximate surface area is 111 Å². The molecule has 0 heterocycles. The Morgan fingerprint density at radius 3 is 2.68 bits per heavy atom. The third-order valence-corrected chi connectivity index (χ3v) is 2.39. The SMILES string of the molecule is COc1ccc(NC(C)=O)cc1CC(=O)NCCO. The van der Waals surface area contributed by atoms with Crippen LogP contribution >= 0.6 is 0 Å². The zero-order valence-electron chi connectivity index (χ0n) is 11.0. The molecule has 3 N–H and O–H groups in total. The lowest BCUT2D eigenvalue weighted by Crippen LogP contribution is -2.28. The van der Waals surface area contributed by atoms with Crippen molar-refractivity contribution in [2.45, 2.75) is 13.3 Å². The van der Waals surface area contributed by atoms with Crippen LogP contribution in [0.25, 0.3) is 0 Å². The van der Waals surface area contributed by atoms with Gasteiger partial charge in [-0.3, -0.25) is 9.59 Å². The number of carbonyl (C=O) groups is 2. The predicted octanol–water partition coefficient (Wildman–Crippen LogP) is 0.305. The lowest BCUT2D eigenvalue weighted by atomic mass is 10.1. The topological polar surface area (TPSA) is 87.7 Å². The van der Waals surface area contributed by atoms with Gasteiger partial charge in [0.25, 0.3) is 0 Å². The number of rotatable bonds is 6. The van der Waals surface area contributed by atoms with Gasteiger partial charge in [0.05, 0.1) is 20.1 Å². The average Bonchev–Trinajstić information content (AvgIpc) is 2.36. The van der Waals surface area contributed by atoms with Gasteiger partial charge in [0.15, 0.2) is 0 Å². The van der Waals surface area contributed by atoms with Gasteiger partial charge in [0.1, 0.15) is 5.75 Å². The maximum atomic E-state index is 11.6. The molecule has 19 heavy (non-hydrogen) atoms. The molecule has 0 aromatic heterocycles. The van der Waals surface area contributed by atoms with Gasteiger partial charge in [-0.15, -0.1) is 0 Å². The smallest absolute Gasteiger partial charge is 0.224 e. The molecule has 0 aliphatic carbocycles. The molecule has 0 unspecified atom stereocenters. The summed E-state index contributed by atoms with van der Waals surface area (Å²) < 4.78 is 5.17. The molecule has 0 atom stereocenters. The number of nitrogens with one attached hydrogen (secondary N) is 2. The Kier molecular flexibility index (Phi) is 5.81. The Morgan fingerprint density at radius 2 is 2.11 bits per heavy atom. The third-order valence-electron chi connectivity index (χ3n) is 2.39. The van der Waals surface area contributed by atoms with Gasteiger partial charge in [-0.05, 0) is 18.2 Å². The maximum Gasteiger partial charge on any atom is 0.224 e. The predicted molar refractivity (Wildman–Crippen MR) is 71.1 cm³/mol. The van der Waals surface area contributed by atoms with Crippen molar-refractivity contribution in [1.29, 1.82) is 0 Å². The number of anilines is 1. The van der Waals surface area contributed by atoms with Crippen molar-refractivity contribution in [1.82, 2.24) is 5.32 Å². The van der Waals surface area contributed by atoms with Crippen molar-refractivity contribution < 1.29 is 19.4 Å². The number of methoxy groups -OCH3 is 1. The third kappa shape index (κ3) is 4.97. The second-order valence-electron chi connectivity index (χ2n) is 3.96. The Bertz CT molecular complexity index is 460. The van der Waals surface area contributed by atoms with Crippen molar-refractivity contribution in [3.63, 3.8) is 0 Å². The van der Waals surface area contributed by atoms with Gasteiger partial charge >= 0.3 is 0 Å². The summed E-state index contributed by atoms with van der Waals surface area (Å²) in [6.45, 7) is 1.53. The minimum atomic E-state index is -0.215. The van der Waals surface area contributed by atoms with Crippen molar-refractivity contribution in [2.75, 3.05) is 25.6 Å². The number of carbonyl (C=O) groups excluding carboxylic acids is 2. The molecule has 0 aliphatic rings. The molecule has 6 nitrogen and oxygen atoms in total. The van der Waals surface area contributed by atoms with Crippen LogP contribution in [0.2, 0.25) is 0 Å². The molecule has 1 rings (SSSR count). The minimum Gasteiger partial charge on any atom is -0.496 e. The van der Waals surface area contributed by atoms with E-state index in [1.165, 1.54) is 14.0 Å². The second kappa shape index (κ2) is 7.38. The fraction of sp³-hybridized carbons (Fsp3) is 0.385. The number of aliphatic hydroxyl groups excluding tert-OH is 1. The van der Waals surface area contributed by atoms with E-state index >= 15 is 0 Å². The van der Waals surface area contributed by atoms with E-state index in [2.05, 4.69) is 10.6 Å². The first-order chi connectivity index (χ1) is 9.06. The summed E-state index contributed by atoms with van der Waals surface area (Å²) in [5, 5.41) is 13.8. The summed E-state index contributed by atoms with van der Waals surface area (Å²) in [7, 11) is 1.52. The standard InChI is InChI=1S/C13H18N2O4/c1-9(17)15-11-3-4-12(19-2)10(7-11)8-13(18)14-5-6-16/h3-4,7,16H,5-6,8H2,1-2H3,(H,14,18)(H,15,17). The van der Waals surface area contributed by atoms with Gasteiger partial charge in [-0.25, -0.2) is 0 Å². The zero-order valence-corrected chi connectivity index (χ0v) is 11.0. The summed E-state index contributed by atoms with van der Waals surface area (Å²) in [5.74, 6) is 0.182. The Balaban J connectivity index is 2.83. The highest BCUT2D eigenvalue weighted by molar-refractivity contribution is 5.89. The first-order valence-electron chi connectivity index (χ1n) is 5.89. The van der Waals surface area contributed by atoms with E-state index in [-0.39, 0.29) is 31.4 Å². The van der Waals surface area contributed by atoms with Gasteiger partial charge in [0, 0.05) is 24.7 Å². The van der Waals surface area contributed by atoms with Crippen molar-refractivity contribution >= 4 is 17.5 Å². The summed E-state index contributed by atoms with van der Waals surface area (Å²) in [5.41, 5.74) is 1.28. The van der Waals surface area contributed by atoms with Crippen molar-refractivity contribution in [3.05, 3.63) is 23.8 Å². The van der Waals surface area contributed by atoms with Crippen LogP contribution in [0, 0.1) is 0 Å².